The van der Waals surface area contributed by atoms with Crippen LogP contribution in [0.3, 0.4) is 0 Å². The number of amides is 2. The van der Waals surface area contributed by atoms with Crippen LogP contribution >= 0.6 is 0 Å². The molecule has 3 aliphatic rings. The van der Waals surface area contributed by atoms with Crippen molar-refractivity contribution in [1.82, 2.24) is 24.5 Å². The lowest BCUT2D eigenvalue weighted by Gasteiger charge is -2.40. The van der Waals surface area contributed by atoms with Gasteiger partial charge in [0.15, 0.2) is 5.82 Å². The van der Waals surface area contributed by atoms with Gasteiger partial charge in [-0.3, -0.25) is 14.6 Å². The van der Waals surface area contributed by atoms with Gasteiger partial charge in [0, 0.05) is 83.3 Å². The fraction of sp³-hybridized carbons (Fsp3) is 0.560. The van der Waals surface area contributed by atoms with Crippen LogP contribution in [0.5, 0.6) is 0 Å². The van der Waals surface area contributed by atoms with E-state index in [2.05, 4.69) is 25.1 Å². The van der Waals surface area contributed by atoms with Gasteiger partial charge >= 0.3 is 12.2 Å². The van der Waals surface area contributed by atoms with Gasteiger partial charge in [-0.15, -0.1) is 5.10 Å². The average Bonchev–Trinajstić information content (AvgIpc) is 3.52. The summed E-state index contributed by atoms with van der Waals surface area (Å²) in [5, 5.41) is 6.65. The first-order chi connectivity index (χ1) is 17.7. The van der Waals surface area contributed by atoms with Gasteiger partial charge in [0.05, 0.1) is 5.56 Å². The largest absolute Gasteiger partial charge is 0.416 e. The lowest BCUT2D eigenvalue weighted by Crippen LogP contribution is -2.51. The SMILES string of the molecule is CC(=O)Nc1ccn(C(=O)N2CCN(Cc3ccc(C(F)(F)F)cc3N3CCN4CCC[C@H]4C3)CC2)n1. The summed E-state index contributed by atoms with van der Waals surface area (Å²) in [5.41, 5.74) is 0.932. The molecule has 1 N–H and O–H groups in total. The highest BCUT2D eigenvalue weighted by molar-refractivity contribution is 5.88. The molecule has 0 unspecified atom stereocenters. The van der Waals surface area contributed by atoms with E-state index in [1.807, 2.05) is 0 Å². The Hall–Kier alpha value is -3.12. The summed E-state index contributed by atoms with van der Waals surface area (Å²) in [6.45, 7) is 7.47. The predicted molar refractivity (Wildman–Crippen MR) is 132 cm³/mol. The summed E-state index contributed by atoms with van der Waals surface area (Å²) in [6, 6.07) is 5.79. The number of carbonyl (C=O) groups is 2. The standard InChI is InChI=1S/C25H32F3N7O2/c1-18(36)29-23-6-8-35(30-23)24(37)33-11-9-31(10-12-33)16-19-4-5-20(25(26,27)28)15-22(19)34-14-13-32-7-2-3-21(32)17-34/h4-6,8,15,21H,2-3,7,9-14,16-17H2,1H3,(H,29,30,36)/t21-/m0/s1. The van der Waals surface area contributed by atoms with Crippen molar-refractivity contribution in [3.63, 3.8) is 0 Å². The summed E-state index contributed by atoms with van der Waals surface area (Å²) in [5.74, 6) is 0.0480. The van der Waals surface area contributed by atoms with Crippen LogP contribution < -0.4 is 10.2 Å². The van der Waals surface area contributed by atoms with Crippen molar-refractivity contribution in [3.8, 4) is 0 Å². The van der Waals surface area contributed by atoms with E-state index in [-0.39, 0.29) is 11.9 Å². The van der Waals surface area contributed by atoms with Crippen LogP contribution in [0.1, 0.15) is 30.9 Å². The first-order valence-electron chi connectivity index (χ1n) is 12.7. The molecule has 200 valence electrons. The average molecular weight is 520 g/mol. The number of halogens is 3. The van der Waals surface area contributed by atoms with Gasteiger partial charge in [-0.1, -0.05) is 6.07 Å². The Morgan fingerprint density at radius 1 is 1.05 bits per heavy atom. The Bertz CT molecular complexity index is 1140. The van der Waals surface area contributed by atoms with E-state index in [0.29, 0.717) is 50.3 Å². The molecule has 0 bridgehead atoms. The smallest absolute Gasteiger partial charge is 0.368 e. The second kappa shape index (κ2) is 10.3. The van der Waals surface area contributed by atoms with Gasteiger partial charge in [0.25, 0.3) is 0 Å². The summed E-state index contributed by atoms with van der Waals surface area (Å²) >= 11 is 0. The number of anilines is 2. The Kier molecular flexibility index (Phi) is 7.13. The molecule has 1 aromatic carbocycles. The molecule has 3 aliphatic heterocycles. The van der Waals surface area contributed by atoms with E-state index >= 15 is 0 Å². The molecule has 1 aromatic heterocycles. The molecule has 5 rings (SSSR count). The molecule has 9 nitrogen and oxygen atoms in total. The van der Waals surface area contributed by atoms with Gasteiger partial charge in [-0.2, -0.15) is 17.9 Å². The fourth-order valence-electron chi connectivity index (χ4n) is 5.54. The van der Waals surface area contributed by atoms with Crippen LogP contribution in [0.25, 0.3) is 0 Å². The van der Waals surface area contributed by atoms with Crippen molar-refractivity contribution >= 4 is 23.4 Å². The third-order valence-corrected chi connectivity index (χ3v) is 7.47. The van der Waals surface area contributed by atoms with E-state index in [1.54, 1.807) is 17.0 Å². The number of aromatic nitrogens is 2. The number of rotatable bonds is 4. The monoisotopic (exact) mass is 519 g/mol. The Labute approximate surface area is 213 Å². The second-order valence-electron chi connectivity index (χ2n) is 9.99. The fourth-order valence-corrected chi connectivity index (χ4v) is 5.54. The molecule has 3 fully saturated rings. The first-order valence-corrected chi connectivity index (χ1v) is 12.7. The molecule has 2 aromatic rings. The Balaban J connectivity index is 1.25. The number of fused-ring (bicyclic) bond motifs is 1. The third-order valence-electron chi connectivity index (χ3n) is 7.47. The van der Waals surface area contributed by atoms with Gasteiger partial charge in [-0.25, -0.2) is 4.79 Å². The number of nitrogens with zero attached hydrogens (tertiary/aromatic N) is 6. The second-order valence-corrected chi connectivity index (χ2v) is 9.99. The number of piperazine rings is 2. The minimum atomic E-state index is -4.39. The van der Waals surface area contributed by atoms with Crippen molar-refractivity contribution in [2.45, 2.75) is 38.5 Å². The van der Waals surface area contributed by atoms with Crippen LogP contribution in [0.4, 0.5) is 29.5 Å². The van der Waals surface area contributed by atoms with Crippen LogP contribution in [0, 0.1) is 0 Å². The topological polar surface area (TPSA) is 77.0 Å². The molecule has 0 saturated carbocycles. The van der Waals surface area contributed by atoms with Crippen molar-refractivity contribution in [2.24, 2.45) is 0 Å². The zero-order chi connectivity index (χ0) is 26.2. The maximum atomic E-state index is 13.6. The van der Waals surface area contributed by atoms with E-state index in [9.17, 15) is 22.8 Å². The number of hydrogen-bond donors (Lipinski definition) is 1. The highest BCUT2D eigenvalue weighted by Gasteiger charge is 2.35. The maximum Gasteiger partial charge on any atom is 0.416 e. The number of benzene rings is 1. The Morgan fingerprint density at radius 2 is 1.84 bits per heavy atom. The van der Waals surface area contributed by atoms with Crippen LogP contribution in [0.2, 0.25) is 0 Å². The summed E-state index contributed by atoms with van der Waals surface area (Å²) < 4.78 is 41.9. The highest BCUT2D eigenvalue weighted by Crippen LogP contribution is 2.35. The van der Waals surface area contributed by atoms with Crippen molar-refractivity contribution in [3.05, 3.63) is 41.6 Å². The summed E-state index contributed by atoms with van der Waals surface area (Å²) in [4.78, 5) is 32.5. The number of alkyl halides is 3. The van der Waals surface area contributed by atoms with E-state index < -0.39 is 11.7 Å². The Morgan fingerprint density at radius 3 is 2.57 bits per heavy atom. The van der Waals surface area contributed by atoms with Crippen LogP contribution in [0.15, 0.2) is 30.5 Å². The normalized spacial score (nSPS) is 21.2. The molecule has 3 saturated heterocycles. The molecular formula is C25H32F3N7O2. The molecule has 0 aliphatic carbocycles. The van der Waals surface area contributed by atoms with Gasteiger partial charge in [0.1, 0.15) is 0 Å². The lowest BCUT2D eigenvalue weighted by atomic mass is 10.0. The van der Waals surface area contributed by atoms with E-state index in [1.165, 1.54) is 29.9 Å². The number of hydrogen-bond acceptors (Lipinski definition) is 6. The molecule has 37 heavy (non-hydrogen) atoms. The van der Waals surface area contributed by atoms with Crippen molar-refractivity contribution in [1.29, 1.82) is 0 Å². The molecule has 0 spiro atoms. The molecule has 0 radical (unpaired) electrons. The molecule has 4 heterocycles. The van der Waals surface area contributed by atoms with Gasteiger partial charge in [0.2, 0.25) is 5.91 Å². The zero-order valence-electron chi connectivity index (χ0n) is 20.9. The molecule has 1 atom stereocenters. The van der Waals surface area contributed by atoms with Crippen molar-refractivity contribution < 1.29 is 22.8 Å². The number of nitrogens with one attached hydrogen (secondary N) is 1. The van der Waals surface area contributed by atoms with E-state index in [0.717, 1.165) is 44.6 Å². The van der Waals surface area contributed by atoms with Crippen LogP contribution in [-0.2, 0) is 17.5 Å². The minimum Gasteiger partial charge on any atom is -0.368 e. The molecular weight excluding hydrogens is 487 g/mol. The first kappa shape index (κ1) is 25.5. The van der Waals surface area contributed by atoms with Crippen molar-refractivity contribution in [2.75, 3.05) is 62.6 Å². The third kappa shape index (κ3) is 5.74. The minimum absolute atomic E-state index is 0.265. The lowest BCUT2D eigenvalue weighted by molar-refractivity contribution is -0.137. The molecule has 12 heteroatoms. The summed E-state index contributed by atoms with van der Waals surface area (Å²) in [7, 11) is 0. The quantitative estimate of drug-likeness (QED) is 0.670. The number of carbonyl (C=O) groups excluding carboxylic acids is 2. The van der Waals surface area contributed by atoms with Gasteiger partial charge in [-0.05, 0) is 37.1 Å². The summed E-state index contributed by atoms with van der Waals surface area (Å²) in [6.07, 6.45) is -0.646. The maximum absolute atomic E-state index is 13.6. The van der Waals surface area contributed by atoms with E-state index in [4.69, 9.17) is 0 Å². The predicted octanol–water partition coefficient (Wildman–Crippen LogP) is 2.93. The molecule has 2 amide bonds. The highest BCUT2D eigenvalue weighted by atomic mass is 19.4. The van der Waals surface area contributed by atoms with Crippen LogP contribution in [-0.4, -0.2) is 94.8 Å². The van der Waals surface area contributed by atoms with Gasteiger partial charge < -0.3 is 15.1 Å². The zero-order valence-corrected chi connectivity index (χ0v) is 20.9.